The van der Waals surface area contributed by atoms with Gasteiger partial charge in [0.15, 0.2) is 0 Å². The van der Waals surface area contributed by atoms with Crippen molar-refractivity contribution in [3.8, 4) is 0 Å². The summed E-state index contributed by atoms with van der Waals surface area (Å²) in [5.41, 5.74) is 3.72. The van der Waals surface area contributed by atoms with Crippen LogP contribution in [0.15, 0.2) is 30.4 Å². The molecule has 1 aromatic carbocycles. The van der Waals surface area contributed by atoms with E-state index in [4.69, 9.17) is 0 Å². The van der Waals surface area contributed by atoms with E-state index in [2.05, 4.69) is 37.3 Å². The third-order valence-corrected chi connectivity index (χ3v) is 4.69. The van der Waals surface area contributed by atoms with Gasteiger partial charge >= 0.3 is 7.05 Å². The van der Waals surface area contributed by atoms with Crippen molar-refractivity contribution in [2.24, 2.45) is 5.92 Å². The fourth-order valence-corrected chi connectivity index (χ4v) is 3.46. The standard InChI is InChI=1S/C19H29BN2O2/c1-5-6-18(21-20(4)24)12-16-9-10-22(19(16)23)13-17-8-7-14(2)11-15(17)3/h5-8,11,16,18,21,24H,9-10,12-13H2,1-4H3/b6-5+. The number of likely N-dealkylation sites (tertiary alicyclic amines) is 1. The quantitative estimate of drug-likeness (QED) is 0.598. The number of nitrogens with one attached hydrogen (secondary N) is 1. The Morgan fingerprint density at radius 2 is 2.21 bits per heavy atom. The van der Waals surface area contributed by atoms with Crippen LogP contribution < -0.4 is 5.23 Å². The van der Waals surface area contributed by atoms with Crippen LogP contribution in [0, 0.1) is 19.8 Å². The summed E-state index contributed by atoms with van der Waals surface area (Å²) in [6.07, 6.45) is 5.61. The highest BCUT2D eigenvalue weighted by molar-refractivity contribution is 6.45. The summed E-state index contributed by atoms with van der Waals surface area (Å²) in [6, 6.07) is 6.44. The highest BCUT2D eigenvalue weighted by atomic mass is 16.2. The Hall–Kier alpha value is -1.59. The number of benzene rings is 1. The second kappa shape index (κ2) is 8.49. The first-order valence-corrected chi connectivity index (χ1v) is 8.82. The second-order valence-corrected chi connectivity index (χ2v) is 6.89. The van der Waals surface area contributed by atoms with Crippen molar-refractivity contribution in [2.45, 2.75) is 53.0 Å². The van der Waals surface area contributed by atoms with E-state index in [0.29, 0.717) is 6.54 Å². The number of amides is 1. The molecule has 130 valence electrons. The molecule has 1 saturated heterocycles. The van der Waals surface area contributed by atoms with Crippen molar-refractivity contribution in [2.75, 3.05) is 6.54 Å². The van der Waals surface area contributed by atoms with Crippen LogP contribution in [0.25, 0.3) is 0 Å². The van der Waals surface area contributed by atoms with E-state index in [9.17, 15) is 9.82 Å². The molecule has 2 atom stereocenters. The maximum atomic E-state index is 12.7. The second-order valence-electron chi connectivity index (χ2n) is 6.89. The number of allylic oxidation sites excluding steroid dienone is 1. The first kappa shape index (κ1) is 18.7. The van der Waals surface area contributed by atoms with Crippen molar-refractivity contribution in [1.29, 1.82) is 0 Å². The number of rotatable bonds is 7. The Balaban J connectivity index is 1.98. The minimum Gasteiger partial charge on any atom is -0.437 e. The molecular weight excluding hydrogens is 299 g/mol. The summed E-state index contributed by atoms with van der Waals surface area (Å²) >= 11 is 0. The van der Waals surface area contributed by atoms with Crippen molar-refractivity contribution < 1.29 is 9.82 Å². The summed E-state index contributed by atoms with van der Waals surface area (Å²) in [5.74, 6) is 0.264. The molecule has 0 bridgehead atoms. The first-order chi connectivity index (χ1) is 11.4. The van der Waals surface area contributed by atoms with Gasteiger partial charge in [-0.3, -0.25) is 4.79 Å². The van der Waals surface area contributed by atoms with Gasteiger partial charge in [-0.15, -0.1) is 0 Å². The minimum atomic E-state index is -0.575. The molecule has 0 aliphatic carbocycles. The van der Waals surface area contributed by atoms with Gasteiger partial charge in [0.1, 0.15) is 0 Å². The first-order valence-electron chi connectivity index (χ1n) is 8.82. The van der Waals surface area contributed by atoms with Gasteiger partial charge in [0.2, 0.25) is 5.91 Å². The average molecular weight is 328 g/mol. The highest BCUT2D eigenvalue weighted by Gasteiger charge is 2.33. The van der Waals surface area contributed by atoms with E-state index >= 15 is 0 Å². The van der Waals surface area contributed by atoms with Gasteiger partial charge in [-0.25, -0.2) is 0 Å². The van der Waals surface area contributed by atoms with Gasteiger partial charge in [-0.05, 0) is 51.6 Å². The zero-order chi connectivity index (χ0) is 17.7. The molecular formula is C19H29BN2O2. The summed E-state index contributed by atoms with van der Waals surface area (Å²) in [7, 11) is -0.575. The van der Waals surface area contributed by atoms with Crippen LogP contribution >= 0.6 is 0 Å². The van der Waals surface area contributed by atoms with E-state index in [1.165, 1.54) is 16.7 Å². The van der Waals surface area contributed by atoms with Gasteiger partial charge < -0.3 is 15.2 Å². The number of nitrogens with zero attached hydrogens (tertiary/aromatic N) is 1. The Bertz CT molecular complexity index is 601. The molecule has 1 aromatic rings. The van der Waals surface area contributed by atoms with Gasteiger partial charge in [-0.1, -0.05) is 35.9 Å². The molecule has 4 nitrogen and oxygen atoms in total. The van der Waals surface area contributed by atoms with Gasteiger partial charge in [0.05, 0.1) is 0 Å². The Kier molecular flexibility index (Phi) is 6.64. The molecule has 1 amide bonds. The molecule has 1 heterocycles. The predicted octanol–water partition coefficient (Wildman–Crippen LogP) is 2.69. The van der Waals surface area contributed by atoms with Crippen LogP contribution in [0.1, 0.15) is 36.5 Å². The van der Waals surface area contributed by atoms with Crippen LogP contribution in [-0.4, -0.2) is 35.5 Å². The fourth-order valence-electron chi connectivity index (χ4n) is 3.46. The van der Waals surface area contributed by atoms with Crippen molar-refractivity contribution in [3.05, 3.63) is 47.0 Å². The van der Waals surface area contributed by atoms with Crippen LogP contribution in [0.4, 0.5) is 0 Å². The fraction of sp³-hybridized carbons (Fsp3) is 0.526. The summed E-state index contributed by atoms with van der Waals surface area (Å²) in [4.78, 5) is 14.7. The number of hydrogen-bond donors (Lipinski definition) is 2. The molecule has 0 radical (unpaired) electrons. The van der Waals surface area contributed by atoms with Crippen molar-refractivity contribution >= 4 is 13.0 Å². The maximum absolute atomic E-state index is 12.7. The van der Waals surface area contributed by atoms with Gasteiger partial charge in [0, 0.05) is 25.0 Å². The molecule has 0 saturated carbocycles. The van der Waals surface area contributed by atoms with Crippen LogP contribution in [0.5, 0.6) is 0 Å². The molecule has 2 rings (SSSR count). The van der Waals surface area contributed by atoms with E-state index in [-0.39, 0.29) is 17.9 Å². The zero-order valence-corrected chi connectivity index (χ0v) is 15.2. The number of carbonyl (C=O) groups excluding carboxylic acids is 1. The van der Waals surface area contributed by atoms with Gasteiger partial charge in [-0.2, -0.15) is 0 Å². The Morgan fingerprint density at radius 3 is 2.83 bits per heavy atom. The van der Waals surface area contributed by atoms with E-state index in [1.54, 1.807) is 6.82 Å². The lowest BCUT2D eigenvalue weighted by Crippen LogP contribution is -2.40. The summed E-state index contributed by atoms with van der Waals surface area (Å²) < 4.78 is 0. The third kappa shape index (κ3) is 4.95. The number of hydrogen-bond acceptors (Lipinski definition) is 3. The SMILES string of the molecule is C/C=C/C(CC1CCN(Cc2ccc(C)cc2C)C1=O)NB(C)O. The molecule has 1 aliphatic heterocycles. The molecule has 24 heavy (non-hydrogen) atoms. The van der Waals surface area contributed by atoms with Crippen LogP contribution in [0.2, 0.25) is 6.82 Å². The molecule has 0 spiro atoms. The molecule has 2 unspecified atom stereocenters. The molecule has 2 N–H and O–H groups in total. The highest BCUT2D eigenvalue weighted by Crippen LogP contribution is 2.25. The van der Waals surface area contributed by atoms with E-state index < -0.39 is 7.05 Å². The maximum Gasteiger partial charge on any atom is 0.374 e. The monoisotopic (exact) mass is 328 g/mol. The molecule has 5 heteroatoms. The number of carbonyl (C=O) groups is 1. The van der Waals surface area contributed by atoms with E-state index in [0.717, 1.165) is 19.4 Å². The van der Waals surface area contributed by atoms with Gasteiger partial charge in [0.25, 0.3) is 0 Å². The van der Waals surface area contributed by atoms with Crippen LogP contribution in [-0.2, 0) is 11.3 Å². The molecule has 1 aliphatic rings. The largest absolute Gasteiger partial charge is 0.437 e. The molecule has 1 fully saturated rings. The zero-order valence-electron chi connectivity index (χ0n) is 15.2. The normalized spacial score (nSPS) is 19.3. The van der Waals surface area contributed by atoms with Crippen molar-refractivity contribution in [1.82, 2.24) is 10.1 Å². The Labute approximate surface area is 146 Å². The minimum absolute atomic E-state index is 0.0307. The summed E-state index contributed by atoms with van der Waals surface area (Å²) in [6.45, 7) is 9.37. The predicted molar refractivity (Wildman–Crippen MR) is 99.6 cm³/mol. The third-order valence-electron chi connectivity index (χ3n) is 4.69. The van der Waals surface area contributed by atoms with Crippen LogP contribution in [0.3, 0.4) is 0 Å². The smallest absolute Gasteiger partial charge is 0.374 e. The lowest BCUT2D eigenvalue weighted by molar-refractivity contribution is -0.131. The average Bonchev–Trinajstić information content (AvgIpc) is 2.83. The summed E-state index contributed by atoms with van der Waals surface area (Å²) in [5, 5.41) is 12.7. The molecule has 0 aromatic heterocycles. The van der Waals surface area contributed by atoms with E-state index in [1.807, 2.05) is 24.0 Å². The topological polar surface area (TPSA) is 52.6 Å². The number of aryl methyl sites for hydroxylation is 2. The Morgan fingerprint density at radius 1 is 1.46 bits per heavy atom. The lowest BCUT2D eigenvalue weighted by Gasteiger charge is -2.21. The lowest BCUT2D eigenvalue weighted by atomic mass is 9.85. The van der Waals surface area contributed by atoms with Crippen molar-refractivity contribution in [3.63, 3.8) is 0 Å².